The molecule has 0 aliphatic carbocycles. The Morgan fingerprint density at radius 3 is 2.71 bits per heavy atom. The molecule has 1 N–H and O–H groups in total. The molecule has 0 aliphatic heterocycles. The number of carbonyl (C=O) groups excluding carboxylic acids is 1. The van der Waals surface area contributed by atoms with Crippen molar-refractivity contribution in [2.45, 2.75) is 26.4 Å². The Labute approximate surface area is 106 Å². The predicted octanol–water partition coefficient (Wildman–Crippen LogP) is 1.36. The number of ether oxygens (including phenoxy) is 1. The number of hydrogen-bond donors (Lipinski definition) is 1. The van der Waals surface area contributed by atoms with E-state index in [-0.39, 0.29) is 17.9 Å². The van der Waals surface area contributed by atoms with Crippen LogP contribution in [0.4, 0.5) is 0 Å². The molecule has 6 heteroatoms. The topological polar surface area (TPSA) is 56.1 Å². The highest BCUT2D eigenvalue weighted by Gasteiger charge is 2.22. The van der Waals surface area contributed by atoms with E-state index in [1.165, 1.54) is 7.11 Å². The van der Waals surface area contributed by atoms with Gasteiger partial charge in [0.2, 0.25) is 0 Å². The molecular formula is C11H18ClN3O2. The fourth-order valence-electron chi connectivity index (χ4n) is 1.51. The SMILES string of the molecule is COC(=O)[C@@H](NCc1ncc(Cl)n1C)C(C)C. The molecule has 0 amide bonds. The number of hydrogen-bond acceptors (Lipinski definition) is 4. The van der Waals surface area contributed by atoms with Gasteiger partial charge in [-0.05, 0) is 5.92 Å². The van der Waals surface area contributed by atoms with Gasteiger partial charge in [0.25, 0.3) is 0 Å². The molecule has 0 aliphatic rings. The molecule has 1 aromatic rings. The van der Waals surface area contributed by atoms with Crippen LogP contribution in [0.3, 0.4) is 0 Å². The smallest absolute Gasteiger partial charge is 0.323 e. The number of nitrogens with one attached hydrogen (secondary N) is 1. The first-order valence-corrected chi connectivity index (χ1v) is 5.82. The second kappa shape index (κ2) is 6.02. The van der Waals surface area contributed by atoms with Crippen LogP contribution in [0.2, 0.25) is 5.15 Å². The molecule has 0 radical (unpaired) electrons. The zero-order valence-corrected chi connectivity index (χ0v) is 11.3. The second-order valence-corrected chi connectivity index (χ2v) is 4.57. The van der Waals surface area contributed by atoms with Crippen molar-refractivity contribution in [2.75, 3.05) is 7.11 Å². The van der Waals surface area contributed by atoms with Gasteiger partial charge in [0.1, 0.15) is 17.0 Å². The number of carbonyl (C=O) groups is 1. The van der Waals surface area contributed by atoms with Gasteiger partial charge < -0.3 is 9.30 Å². The number of imidazole rings is 1. The van der Waals surface area contributed by atoms with Gasteiger partial charge in [0.15, 0.2) is 0 Å². The van der Waals surface area contributed by atoms with E-state index in [9.17, 15) is 4.79 Å². The summed E-state index contributed by atoms with van der Waals surface area (Å²) < 4.78 is 6.51. The Morgan fingerprint density at radius 2 is 2.29 bits per heavy atom. The predicted molar refractivity (Wildman–Crippen MR) is 65.7 cm³/mol. The molecular weight excluding hydrogens is 242 g/mol. The first-order chi connectivity index (χ1) is 7.97. The molecule has 0 saturated heterocycles. The maximum atomic E-state index is 11.5. The number of methoxy groups -OCH3 is 1. The lowest BCUT2D eigenvalue weighted by molar-refractivity contribution is -0.144. The number of rotatable bonds is 5. The van der Waals surface area contributed by atoms with Gasteiger partial charge in [-0.2, -0.15) is 0 Å². The quantitative estimate of drug-likeness (QED) is 0.812. The molecule has 96 valence electrons. The standard InChI is InChI=1S/C11H18ClN3O2/c1-7(2)10(11(16)17-4)14-6-9-13-5-8(12)15(9)3/h5,7,10,14H,6H2,1-4H3/t10-/m0/s1. The average Bonchev–Trinajstić information content (AvgIpc) is 2.60. The third kappa shape index (κ3) is 3.44. The van der Waals surface area contributed by atoms with Crippen molar-refractivity contribution in [3.05, 3.63) is 17.2 Å². The van der Waals surface area contributed by atoms with E-state index in [1.54, 1.807) is 10.8 Å². The number of halogens is 1. The fraction of sp³-hybridized carbons (Fsp3) is 0.636. The van der Waals surface area contributed by atoms with Crippen LogP contribution in [0.5, 0.6) is 0 Å². The highest BCUT2D eigenvalue weighted by atomic mass is 35.5. The third-order valence-corrected chi connectivity index (χ3v) is 2.98. The Kier molecular flexibility index (Phi) is 4.96. The molecule has 1 atom stereocenters. The van der Waals surface area contributed by atoms with Crippen molar-refractivity contribution in [2.24, 2.45) is 13.0 Å². The molecule has 1 aromatic heterocycles. The minimum atomic E-state index is -0.338. The van der Waals surface area contributed by atoms with Crippen molar-refractivity contribution in [3.8, 4) is 0 Å². The van der Waals surface area contributed by atoms with Gasteiger partial charge in [0, 0.05) is 7.05 Å². The zero-order chi connectivity index (χ0) is 13.0. The molecule has 1 heterocycles. The maximum Gasteiger partial charge on any atom is 0.323 e. The number of nitrogens with zero attached hydrogens (tertiary/aromatic N) is 2. The molecule has 0 unspecified atom stereocenters. The lowest BCUT2D eigenvalue weighted by Crippen LogP contribution is -2.41. The lowest BCUT2D eigenvalue weighted by atomic mass is 10.0. The maximum absolute atomic E-state index is 11.5. The third-order valence-electron chi connectivity index (χ3n) is 2.63. The van der Waals surface area contributed by atoms with Gasteiger partial charge in [-0.1, -0.05) is 25.4 Å². The lowest BCUT2D eigenvalue weighted by Gasteiger charge is -2.19. The Balaban J connectivity index is 2.64. The second-order valence-electron chi connectivity index (χ2n) is 4.18. The summed E-state index contributed by atoms with van der Waals surface area (Å²) in [5.74, 6) is 0.669. The summed E-state index contributed by atoms with van der Waals surface area (Å²) >= 11 is 5.88. The Bertz CT molecular complexity index is 390. The van der Waals surface area contributed by atoms with Crippen LogP contribution in [-0.2, 0) is 23.1 Å². The van der Waals surface area contributed by atoms with Gasteiger partial charge >= 0.3 is 5.97 Å². The molecule has 5 nitrogen and oxygen atoms in total. The van der Waals surface area contributed by atoms with E-state index < -0.39 is 0 Å². The van der Waals surface area contributed by atoms with Crippen LogP contribution < -0.4 is 5.32 Å². The minimum Gasteiger partial charge on any atom is -0.468 e. The first kappa shape index (κ1) is 14.0. The molecule has 1 rings (SSSR count). The van der Waals surface area contributed by atoms with Crippen molar-refractivity contribution in [1.29, 1.82) is 0 Å². The fourth-order valence-corrected chi connectivity index (χ4v) is 1.65. The van der Waals surface area contributed by atoms with Crippen LogP contribution in [0.15, 0.2) is 6.20 Å². The highest BCUT2D eigenvalue weighted by Crippen LogP contribution is 2.10. The van der Waals surface area contributed by atoms with Crippen molar-refractivity contribution >= 4 is 17.6 Å². The van der Waals surface area contributed by atoms with Crippen LogP contribution >= 0.6 is 11.6 Å². The van der Waals surface area contributed by atoms with Gasteiger partial charge in [-0.3, -0.25) is 10.1 Å². The van der Waals surface area contributed by atoms with E-state index in [1.807, 2.05) is 20.9 Å². The number of esters is 1. The Hall–Kier alpha value is -1.07. The van der Waals surface area contributed by atoms with E-state index in [0.29, 0.717) is 11.7 Å². The molecule has 0 bridgehead atoms. The summed E-state index contributed by atoms with van der Waals surface area (Å²) in [6, 6.07) is -0.338. The summed E-state index contributed by atoms with van der Waals surface area (Å²) in [4.78, 5) is 15.7. The first-order valence-electron chi connectivity index (χ1n) is 5.44. The van der Waals surface area contributed by atoms with Crippen molar-refractivity contribution < 1.29 is 9.53 Å². The van der Waals surface area contributed by atoms with Gasteiger partial charge in [-0.25, -0.2) is 4.98 Å². The number of aromatic nitrogens is 2. The summed E-state index contributed by atoms with van der Waals surface area (Å²) in [6.07, 6.45) is 1.58. The molecule has 0 aromatic carbocycles. The van der Waals surface area contributed by atoms with E-state index in [2.05, 4.69) is 10.3 Å². The summed E-state index contributed by atoms with van der Waals surface area (Å²) in [6.45, 7) is 4.39. The molecule has 17 heavy (non-hydrogen) atoms. The van der Waals surface area contributed by atoms with Crippen LogP contribution in [-0.4, -0.2) is 28.7 Å². The normalized spacial score (nSPS) is 12.8. The monoisotopic (exact) mass is 259 g/mol. The molecule has 0 saturated carbocycles. The zero-order valence-electron chi connectivity index (χ0n) is 10.5. The van der Waals surface area contributed by atoms with Gasteiger partial charge in [-0.15, -0.1) is 0 Å². The molecule has 0 spiro atoms. The van der Waals surface area contributed by atoms with Crippen molar-refractivity contribution in [1.82, 2.24) is 14.9 Å². The van der Waals surface area contributed by atoms with E-state index >= 15 is 0 Å². The minimum absolute atomic E-state index is 0.151. The summed E-state index contributed by atoms with van der Waals surface area (Å²) in [7, 11) is 3.21. The van der Waals surface area contributed by atoms with Crippen LogP contribution in [0.1, 0.15) is 19.7 Å². The van der Waals surface area contributed by atoms with Gasteiger partial charge in [0.05, 0.1) is 19.9 Å². The average molecular weight is 260 g/mol. The van der Waals surface area contributed by atoms with Crippen molar-refractivity contribution in [3.63, 3.8) is 0 Å². The van der Waals surface area contributed by atoms with E-state index in [0.717, 1.165) is 5.82 Å². The van der Waals surface area contributed by atoms with Crippen LogP contribution in [0, 0.1) is 5.92 Å². The summed E-state index contributed by atoms with van der Waals surface area (Å²) in [5, 5.41) is 3.69. The van der Waals surface area contributed by atoms with Crippen LogP contribution in [0.25, 0.3) is 0 Å². The van der Waals surface area contributed by atoms with E-state index in [4.69, 9.17) is 16.3 Å². The highest BCUT2D eigenvalue weighted by molar-refractivity contribution is 6.29. The largest absolute Gasteiger partial charge is 0.468 e. The summed E-state index contributed by atoms with van der Waals surface area (Å²) in [5.41, 5.74) is 0. The molecule has 0 fully saturated rings. The Morgan fingerprint density at radius 1 is 1.65 bits per heavy atom.